The zero-order valence-corrected chi connectivity index (χ0v) is 15.3. The van der Waals surface area contributed by atoms with E-state index in [0.717, 1.165) is 0 Å². The van der Waals surface area contributed by atoms with E-state index in [4.69, 9.17) is 25.8 Å². The van der Waals surface area contributed by atoms with Gasteiger partial charge in [-0.2, -0.15) is 0 Å². The van der Waals surface area contributed by atoms with Crippen LogP contribution in [0, 0.1) is 0 Å². The maximum atomic E-state index is 12.4. The Morgan fingerprint density at radius 2 is 1.96 bits per heavy atom. The Kier molecular flexibility index (Phi) is 6.14. The van der Waals surface area contributed by atoms with Crippen molar-refractivity contribution in [3.63, 3.8) is 0 Å². The predicted molar refractivity (Wildman–Crippen MR) is 92.9 cm³/mol. The van der Waals surface area contributed by atoms with Crippen LogP contribution in [0.2, 0.25) is 5.02 Å². The Labute approximate surface area is 151 Å². The average Bonchev–Trinajstić information content (AvgIpc) is 2.55. The molecule has 1 aromatic carbocycles. The van der Waals surface area contributed by atoms with Gasteiger partial charge >= 0.3 is 12.0 Å². The summed E-state index contributed by atoms with van der Waals surface area (Å²) in [5.41, 5.74) is 1.22. The summed E-state index contributed by atoms with van der Waals surface area (Å²) in [6, 6.07) is 2.06. The number of allylic oxidation sites excluding steroid dienone is 1. The normalized spacial score (nSPS) is 16.8. The molecule has 0 fully saturated rings. The second-order valence-electron chi connectivity index (χ2n) is 5.25. The Morgan fingerprint density at radius 1 is 1.24 bits per heavy atom. The second-order valence-corrected chi connectivity index (χ2v) is 5.66. The van der Waals surface area contributed by atoms with E-state index in [1.54, 1.807) is 26.0 Å². The van der Waals surface area contributed by atoms with Crippen LogP contribution in [0.1, 0.15) is 32.4 Å². The SMILES string of the molecule is CCOC(=O)C1=C(C)NC(=O)NC1c1cc(OCC)c(OC)cc1Cl. The monoisotopic (exact) mass is 368 g/mol. The highest BCUT2D eigenvalue weighted by Gasteiger charge is 2.34. The first-order chi connectivity index (χ1) is 11.9. The fourth-order valence-electron chi connectivity index (χ4n) is 2.61. The van der Waals surface area contributed by atoms with Gasteiger partial charge in [-0.15, -0.1) is 0 Å². The van der Waals surface area contributed by atoms with Crippen LogP contribution in [-0.2, 0) is 9.53 Å². The van der Waals surface area contributed by atoms with Crippen LogP contribution in [0.5, 0.6) is 11.5 Å². The van der Waals surface area contributed by atoms with Gasteiger partial charge in [-0.1, -0.05) is 11.6 Å². The summed E-state index contributed by atoms with van der Waals surface area (Å²) >= 11 is 6.37. The molecule has 0 radical (unpaired) electrons. The summed E-state index contributed by atoms with van der Waals surface area (Å²) in [5, 5.41) is 5.63. The highest BCUT2D eigenvalue weighted by Crippen LogP contribution is 2.39. The zero-order chi connectivity index (χ0) is 18.6. The van der Waals surface area contributed by atoms with Crippen LogP contribution in [0.15, 0.2) is 23.4 Å². The van der Waals surface area contributed by atoms with Gasteiger partial charge in [-0.05, 0) is 26.8 Å². The van der Waals surface area contributed by atoms with Gasteiger partial charge in [-0.25, -0.2) is 9.59 Å². The van der Waals surface area contributed by atoms with Crippen molar-refractivity contribution in [3.8, 4) is 11.5 Å². The molecule has 8 heteroatoms. The minimum Gasteiger partial charge on any atom is -0.493 e. The van der Waals surface area contributed by atoms with Gasteiger partial charge in [0.05, 0.1) is 37.0 Å². The fraction of sp³-hybridized carbons (Fsp3) is 0.412. The lowest BCUT2D eigenvalue weighted by atomic mass is 9.95. The largest absolute Gasteiger partial charge is 0.493 e. The van der Waals surface area contributed by atoms with E-state index in [2.05, 4.69) is 10.6 Å². The summed E-state index contributed by atoms with van der Waals surface area (Å²) in [5.74, 6) is 0.412. The molecule has 1 atom stereocenters. The molecular weight excluding hydrogens is 348 g/mol. The summed E-state index contributed by atoms with van der Waals surface area (Å²) in [6.45, 7) is 5.84. The molecule has 2 rings (SSSR count). The number of hydrogen-bond acceptors (Lipinski definition) is 5. The van der Waals surface area contributed by atoms with Gasteiger partial charge in [0.2, 0.25) is 0 Å². The minimum absolute atomic E-state index is 0.219. The number of halogens is 1. The first kappa shape index (κ1) is 18.9. The van der Waals surface area contributed by atoms with Crippen molar-refractivity contribution in [3.05, 3.63) is 34.0 Å². The Balaban J connectivity index is 2.56. The van der Waals surface area contributed by atoms with Gasteiger partial charge < -0.3 is 24.8 Å². The number of methoxy groups -OCH3 is 1. The highest BCUT2D eigenvalue weighted by molar-refractivity contribution is 6.31. The van der Waals surface area contributed by atoms with Gasteiger partial charge in [-0.3, -0.25) is 0 Å². The standard InChI is InChI=1S/C17H21ClN2O5/c1-5-24-13-7-10(11(18)8-12(13)23-4)15-14(16(21)25-6-2)9(3)19-17(22)20-15/h7-8,15H,5-6H2,1-4H3,(H2,19,20,22). The molecule has 2 amide bonds. The molecule has 1 unspecified atom stereocenters. The summed E-state index contributed by atoms with van der Waals surface area (Å²) in [4.78, 5) is 24.3. The van der Waals surface area contributed by atoms with Crippen LogP contribution in [0.25, 0.3) is 0 Å². The second kappa shape index (κ2) is 8.11. The van der Waals surface area contributed by atoms with Crippen LogP contribution < -0.4 is 20.1 Å². The quantitative estimate of drug-likeness (QED) is 0.754. The van der Waals surface area contributed by atoms with Crippen LogP contribution >= 0.6 is 11.6 Å². The minimum atomic E-state index is -0.759. The number of nitrogens with one attached hydrogen (secondary N) is 2. The first-order valence-electron chi connectivity index (χ1n) is 7.88. The van der Waals surface area contributed by atoms with Gasteiger partial charge in [0.1, 0.15) is 0 Å². The third-order valence-electron chi connectivity index (χ3n) is 3.66. The van der Waals surface area contributed by atoms with E-state index in [1.165, 1.54) is 7.11 Å². The predicted octanol–water partition coefficient (Wildman–Crippen LogP) is 2.94. The van der Waals surface area contributed by atoms with E-state index in [-0.39, 0.29) is 12.2 Å². The summed E-state index contributed by atoms with van der Waals surface area (Å²) in [6.07, 6.45) is 0. The number of urea groups is 1. The smallest absolute Gasteiger partial charge is 0.338 e. The first-order valence-corrected chi connectivity index (χ1v) is 8.26. The molecule has 0 aromatic heterocycles. The highest BCUT2D eigenvalue weighted by atomic mass is 35.5. The fourth-order valence-corrected chi connectivity index (χ4v) is 2.87. The van der Waals surface area contributed by atoms with Gasteiger partial charge in [0, 0.05) is 17.3 Å². The van der Waals surface area contributed by atoms with Crippen molar-refractivity contribution in [2.45, 2.75) is 26.8 Å². The van der Waals surface area contributed by atoms with Crippen molar-refractivity contribution in [2.24, 2.45) is 0 Å². The lowest BCUT2D eigenvalue weighted by Crippen LogP contribution is -2.45. The van der Waals surface area contributed by atoms with Crippen molar-refractivity contribution in [1.29, 1.82) is 0 Å². The van der Waals surface area contributed by atoms with Crippen molar-refractivity contribution >= 4 is 23.6 Å². The van der Waals surface area contributed by atoms with E-state index in [0.29, 0.717) is 34.4 Å². The molecule has 7 nitrogen and oxygen atoms in total. The van der Waals surface area contributed by atoms with Crippen molar-refractivity contribution < 1.29 is 23.8 Å². The Hall–Kier alpha value is -2.41. The number of hydrogen-bond donors (Lipinski definition) is 2. The average molecular weight is 369 g/mol. The van der Waals surface area contributed by atoms with E-state index in [1.807, 2.05) is 6.92 Å². The number of carbonyl (C=O) groups excluding carboxylic acids is 2. The lowest BCUT2D eigenvalue weighted by molar-refractivity contribution is -0.139. The molecule has 0 aliphatic carbocycles. The third-order valence-corrected chi connectivity index (χ3v) is 3.99. The summed E-state index contributed by atoms with van der Waals surface area (Å²) < 4.78 is 15.9. The number of benzene rings is 1. The van der Waals surface area contributed by atoms with Crippen LogP contribution in [0.3, 0.4) is 0 Å². The van der Waals surface area contributed by atoms with Crippen molar-refractivity contribution in [1.82, 2.24) is 10.6 Å². The Bertz CT molecular complexity index is 717. The van der Waals surface area contributed by atoms with E-state index in [9.17, 15) is 9.59 Å². The molecular formula is C17H21ClN2O5. The number of rotatable bonds is 6. The van der Waals surface area contributed by atoms with E-state index >= 15 is 0 Å². The van der Waals surface area contributed by atoms with Crippen LogP contribution in [-0.4, -0.2) is 32.3 Å². The molecule has 2 N–H and O–H groups in total. The molecule has 0 saturated carbocycles. The molecule has 0 bridgehead atoms. The molecule has 0 saturated heterocycles. The number of amides is 2. The maximum Gasteiger partial charge on any atom is 0.338 e. The van der Waals surface area contributed by atoms with Gasteiger partial charge in [0.25, 0.3) is 0 Å². The number of esters is 1. The molecule has 1 heterocycles. The van der Waals surface area contributed by atoms with E-state index < -0.39 is 18.0 Å². The van der Waals surface area contributed by atoms with Crippen LogP contribution in [0.4, 0.5) is 4.79 Å². The number of ether oxygens (including phenoxy) is 3. The topological polar surface area (TPSA) is 85.9 Å². The molecule has 25 heavy (non-hydrogen) atoms. The molecule has 1 aliphatic rings. The molecule has 1 aromatic rings. The maximum absolute atomic E-state index is 12.4. The van der Waals surface area contributed by atoms with Gasteiger partial charge in [0.15, 0.2) is 11.5 Å². The molecule has 0 spiro atoms. The molecule has 136 valence electrons. The summed E-state index contributed by atoms with van der Waals surface area (Å²) in [7, 11) is 1.51. The third kappa shape index (κ3) is 3.99. The van der Waals surface area contributed by atoms with Crippen molar-refractivity contribution in [2.75, 3.05) is 20.3 Å². The zero-order valence-electron chi connectivity index (χ0n) is 14.6. The lowest BCUT2D eigenvalue weighted by Gasteiger charge is -2.29. The molecule has 1 aliphatic heterocycles. The Morgan fingerprint density at radius 3 is 2.56 bits per heavy atom. The number of carbonyl (C=O) groups is 2.